The second kappa shape index (κ2) is 8.05. The summed E-state index contributed by atoms with van der Waals surface area (Å²) in [6.45, 7) is 0. The molecule has 0 radical (unpaired) electrons. The van der Waals surface area contributed by atoms with Gasteiger partial charge < -0.3 is 9.47 Å². The van der Waals surface area contributed by atoms with Gasteiger partial charge in [0.1, 0.15) is 11.5 Å². The highest BCUT2D eigenvalue weighted by Gasteiger charge is 2.05. The van der Waals surface area contributed by atoms with Gasteiger partial charge >= 0.3 is 0 Å². The molecular formula is C23H20O2. The van der Waals surface area contributed by atoms with Crippen molar-refractivity contribution in [3.8, 4) is 11.5 Å². The van der Waals surface area contributed by atoms with Gasteiger partial charge in [-0.15, -0.1) is 5.73 Å². The lowest BCUT2D eigenvalue weighted by molar-refractivity contribution is 0.414. The van der Waals surface area contributed by atoms with Gasteiger partial charge in [0.2, 0.25) is 0 Å². The van der Waals surface area contributed by atoms with E-state index < -0.39 is 0 Å². The van der Waals surface area contributed by atoms with Crippen molar-refractivity contribution < 1.29 is 9.47 Å². The summed E-state index contributed by atoms with van der Waals surface area (Å²) in [5.41, 5.74) is 7.75. The predicted molar refractivity (Wildman–Crippen MR) is 103 cm³/mol. The Bertz CT molecular complexity index is 820. The smallest absolute Gasteiger partial charge is 0.118 e. The quantitative estimate of drug-likeness (QED) is 0.580. The van der Waals surface area contributed by atoms with Crippen LogP contribution in [0.15, 0.2) is 84.6 Å². The minimum absolute atomic E-state index is 0.838. The SMILES string of the molecule is COc1ccc(C(=C=Cc2ccccc2)c2ccc(OC)cc2)cc1. The molecule has 0 aromatic heterocycles. The van der Waals surface area contributed by atoms with Crippen molar-refractivity contribution in [1.82, 2.24) is 0 Å². The molecule has 0 unspecified atom stereocenters. The van der Waals surface area contributed by atoms with Crippen LogP contribution in [0.25, 0.3) is 11.6 Å². The Balaban J connectivity index is 2.07. The Morgan fingerprint density at radius 3 is 1.60 bits per heavy atom. The van der Waals surface area contributed by atoms with E-state index in [-0.39, 0.29) is 0 Å². The van der Waals surface area contributed by atoms with Crippen molar-refractivity contribution in [2.24, 2.45) is 0 Å². The second-order valence-corrected chi connectivity index (χ2v) is 5.53. The van der Waals surface area contributed by atoms with Crippen LogP contribution in [-0.2, 0) is 0 Å². The Morgan fingerprint density at radius 1 is 0.680 bits per heavy atom. The molecule has 0 atom stereocenters. The van der Waals surface area contributed by atoms with Crippen LogP contribution in [0.3, 0.4) is 0 Å². The fourth-order valence-corrected chi connectivity index (χ4v) is 2.55. The van der Waals surface area contributed by atoms with E-state index in [9.17, 15) is 0 Å². The van der Waals surface area contributed by atoms with Gasteiger partial charge in [-0.1, -0.05) is 54.6 Å². The second-order valence-electron chi connectivity index (χ2n) is 5.53. The van der Waals surface area contributed by atoms with Gasteiger partial charge in [0.25, 0.3) is 0 Å². The standard InChI is InChI=1S/C23H20O2/c1-24-21-13-9-19(10-14-21)23(17-8-18-6-4-3-5-7-18)20-11-15-22(25-2)16-12-20/h3-16H,1-2H3. The summed E-state index contributed by atoms with van der Waals surface area (Å²) in [5.74, 6) is 1.68. The van der Waals surface area contributed by atoms with Crippen LogP contribution in [0.1, 0.15) is 16.7 Å². The fourth-order valence-electron chi connectivity index (χ4n) is 2.55. The van der Waals surface area contributed by atoms with Crippen molar-refractivity contribution in [3.05, 3.63) is 101 Å². The molecule has 0 amide bonds. The van der Waals surface area contributed by atoms with Crippen LogP contribution in [-0.4, -0.2) is 14.2 Å². The maximum atomic E-state index is 5.26. The third kappa shape index (κ3) is 4.20. The molecule has 0 aliphatic carbocycles. The summed E-state index contributed by atoms with van der Waals surface area (Å²) in [6.07, 6.45) is 2.00. The molecule has 0 heterocycles. The predicted octanol–water partition coefficient (Wildman–Crippen LogP) is 5.45. The zero-order valence-corrected chi connectivity index (χ0v) is 14.4. The van der Waals surface area contributed by atoms with Gasteiger partial charge in [-0.25, -0.2) is 0 Å². The maximum Gasteiger partial charge on any atom is 0.118 e. The van der Waals surface area contributed by atoms with Crippen molar-refractivity contribution in [2.45, 2.75) is 0 Å². The molecular weight excluding hydrogens is 308 g/mol. The molecule has 0 N–H and O–H groups in total. The highest BCUT2D eigenvalue weighted by Crippen LogP contribution is 2.26. The summed E-state index contributed by atoms with van der Waals surface area (Å²) >= 11 is 0. The highest BCUT2D eigenvalue weighted by atomic mass is 16.5. The molecule has 2 heteroatoms. The molecule has 0 fully saturated rings. The molecule has 2 nitrogen and oxygen atoms in total. The van der Waals surface area contributed by atoms with Crippen molar-refractivity contribution in [2.75, 3.05) is 14.2 Å². The van der Waals surface area contributed by atoms with E-state index in [0.717, 1.165) is 33.8 Å². The van der Waals surface area contributed by atoms with Crippen LogP contribution in [0, 0.1) is 0 Å². The van der Waals surface area contributed by atoms with E-state index in [2.05, 4.69) is 17.9 Å². The maximum absolute atomic E-state index is 5.26. The lowest BCUT2D eigenvalue weighted by Crippen LogP contribution is -1.89. The highest BCUT2D eigenvalue weighted by molar-refractivity contribution is 5.81. The molecule has 25 heavy (non-hydrogen) atoms. The topological polar surface area (TPSA) is 18.5 Å². The minimum Gasteiger partial charge on any atom is -0.497 e. The Kier molecular flexibility index (Phi) is 5.36. The zero-order chi connectivity index (χ0) is 17.5. The summed E-state index contributed by atoms with van der Waals surface area (Å²) < 4.78 is 10.5. The van der Waals surface area contributed by atoms with Crippen molar-refractivity contribution >= 4 is 11.6 Å². The number of benzene rings is 3. The van der Waals surface area contributed by atoms with Crippen LogP contribution < -0.4 is 9.47 Å². The number of rotatable bonds is 5. The summed E-state index contributed by atoms with van der Waals surface area (Å²) in [4.78, 5) is 0. The monoisotopic (exact) mass is 328 g/mol. The average molecular weight is 328 g/mol. The van der Waals surface area contributed by atoms with Gasteiger partial charge in [-0.3, -0.25) is 0 Å². The molecule has 0 aliphatic heterocycles. The van der Waals surface area contributed by atoms with E-state index >= 15 is 0 Å². The Labute approximate surface area is 148 Å². The van der Waals surface area contributed by atoms with Crippen molar-refractivity contribution in [3.63, 3.8) is 0 Å². The molecule has 124 valence electrons. The van der Waals surface area contributed by atoms with Crippen LogP contribution >= 0.6 is 0 Å². The normalized spacial score (nSPS) is 9.84. The first-order valence-corrected chi connectivity index (χ1v) is 8.11. The summed E-state index contributed by atoms with van der Waals surface area (Å²) in [5, 5.41) is 0. The first kappa shape index (κ1) is 16.6. The number of methoxy groups -OCH3 is 2. The first-order chi connectivity index (χ1) is 12.3. The molecule has 0 saturated carbocycles. The molecule has 0 aliphatic rings. The van der Waals surface area contributed by atoms with Crippen LogP contribution in [0.2, 0.25) is 0 Å². The number of hydrogen-bond donors (Lipinski definition) is 0. The number of hydrogen-bond acceptors (Lipinski definition) is 2. The lowest BCUT2D eigenvalue weighted by atomic mass is 9.98. The third-order valence-corrected chi connectivity index (χ3v) is 3.94. The molecule has 0 spiro atoms. The minimum atomic E-state index is 0.838. The zero-order valence-electron chi connectivity index (χ0n) is 14.4. The van der Waals surface area contributed by atoms with Gasteiger partial charge in [0, 0.05) is 5.57 Å². The summed E-state index contributed by atoms with van der Waals surface area (Å²) in [7, 11) is 3.34. The number of ether oxygens (including phenoxy) is 2. The van der Waals surface area contributed by atoms with Crippen LogP contribution in [0.5, 0.6) is 11.5 Å². The van der Waals surface area contributed by atoms with Crippen LogP contribution in [0.4, 0.5) is 0 Å². The summed E-state index contributed by atoms with van der Waals surface area (Å²) in [6, 6.07) is 26.2. The first-order valence-electron chi connectivity index (χ1n) is 8.11. The lowest BCUT2D eigenvalue weighted by Gasteiger charge is -2.08. The van der Waals surface area contributed by atoms with Gasteiger partial charge in [0.15, 0.2) is 0 Å². The van der Waals surface area contributed by atoms with Gasteiger partial charge in [-0.2, -0.15) is 0 Å². The molecule has 3 aromatic rings. The van der Waals surface area contributed by atoms with Gasteiger partial charge in [-0.05, 0) is 47.0 Å². The Morgan fingerprint density at radius 2 is 1.16 bits per heavy atom. The van der Waals surface area contributed by atoms with E-state index in [0.29, 0.717) is 0 Å². The van der Waals surface area contributed by atoms with Crippen molar-refractivity contribution in [1.29, 1.82) is 0 Å². The Hall–Kier alpha value is -3.22. The third-order valence-electron chi connectivity index (χ3n) is 3.94. The van der Waals surface area contributed by atoms with E-state index in [1.165, 1.54) is 0 Å². The average Bonchev–Trinajstić information content (AvgIpc) is 2.70. The molecule has 3 aromatic carbocycles. The molecule has 0 saturated heterocycles. The fraction of sp³-hybridized carbons (Fsp3) is 0.0870. The van der Waals surface area contributed by atoms with E-state index in [1.54, 1.807) is 14.2 Å². The molecule has 0 bridgehead atoms. The van der Waals surface area contributed by atoms with E-state index in [4.69, 9.17) is 9.47 Å². The largest absolute Gasteiger partial charge is 0.497 e. The molecule has 3 rings (SSSR count). The van der Waals surface area contributed by atoms with E-state index in [1.807, 2.05) is 72.8 Å². The van der Waals surface area contributed by atoms with Gasteiger partial charge in [0.05, 0.1) is 14.2 Å².